The average Bonchev–Trinajstić information content (AvgIpc) is 3.31. The van der Waals surface area contributed by atoms with Gasteiger partial charge in [-0.3, -0.25) is 19.7 Å². The number of furan rings is 1. The summed E-state index contributed by atoms with van der Waals surface area (Å²) in [6, 6.07) is 20.0. The monoisotopic (exact) mass is 483 g/mol. The smallest absolute Gasteiger partial charge is 0.311 e. The number of fused-ring (bicyclic) bond motifs is 2. The second-order valence-electron chi connectivity index (χ2n) is 7.67. The van der Waals surface area contributed by atoms with Crippen molar-refractivity contribution in [2.45, 2.75) is 0 Å². The topological polar surface area (TPSA) is 156 Å². The first kappa shape index (κ1) is 22.5. The fourth-order valence-electron chi connectivity index (χ4n) is 3.69. The average molecular weight is 483 g/mol. The van der Waals surface area contributed by atoms with E-state index in [0.717, 1.165) is 10.1 Å². The zero-order chi connectivity index (χ0) is 25.2. The van der Waals surface area contributed by atoms with E-state index in [2.05, 4.69) is 10.1 Å². The highest BCUT2D eigenvalue weighted by molar-refractivity contribution is 5.87. The molecule has 11 heteroatoms. The third kappa shape index (κ3) is 4.16. The molecule has 3 aromatic carbocycles. The predicted molar refractivity (Wildman–Crippen MR) is 132 cm³/mol. The van der Waals surface area contributed by atoms with Crippen LogP contribution in [0.15, 0.2) is 87.1 Å². The maximum absolute atomic E-state index is 13.4. The van der Waals surface area contributed by atoms with E-state index in [0.29, 0.717) is 22.2 Å². The van der Waals surface area contributed by atoms with Gasteiger partial charge < -0.3 is 14.9 Å². The maximum atomic E-state index is 13.4. The number of nitrogens with two attached hydrogens (primary N) is 1. The minimum absolute atomic E-state index is 0.135. The van der Waals surface area contributed by atoms with E-state index in [1.807, 2.05) is 18.2 Å². The summed E-state index contributed by atoms with van der Waals surface area (Å²) in [7, 11) is 0. The first-order valence-corrected chi connectivity index (χ1v) is 10.7. The summed E-state index contributed by atoms with van der Waals surface area (Å²) in [5.74, 6) is -0.577. The maximum Gasteiger partial charge on any atom is 0.311 e. The third-order valence-electron chi connectivity index (χ3n) is 5.29. The lowest BCUT2D eigenvalue weighted by molar-refractivity contribution is -0.385. The number of nitro benzene ring substituents is 1. The number of carbonyl (C=O) groups excluding carboxylic acids is 1. The zero-order valence-corrected chi connectivity index (χ0v) is 18.5. The molecule has 5 aromatic rings. The van der Waals surface area contributed by atoms with Gasteiger partial charge in [0.25, 0.3) is 11.5 Å². The fraction of sp³-hybridized carbons (Fsp3) is 0.0400. The largest absolute Gasteiger partial charge is 0.476 e. The van der Waals surface area contributed by atoms with Gasteiger partial charge in [-0.1, -0.05) is 36.4 Å². The first-order chi connectivity index (χ1) is 17.4. The van der Waals surface area contributed by atoms with E-state index in [9.17, 15) is 19.7 Å². The van der Waals surface area contributed by atoms with Crippen LogP contribution in [-0.2, 0) is 4.79 Å². The fourth-order valence-corrected chi connectivity index (χ4v) is 3.69. The summed E-state index contributed by atoms with van der Waals surface area (Å²) in [4.78, 5) is 40.1. The summed E-state index contributed by atoms with van der Waals surface area (Å²) >= 11 is 0. The summed E-state index contributed by atoms with van der Waals surface area (Å²) in [6.07, 6.45) is 1.22. The Morgan fingerprint density at radius 2 is 1.92 bits per heavy atom. The van der Waals surface area contributed by atoms with Crippen LogP contribution in [0.5, 0.6) is 5.75 Å². The second kappa shape index (κ2) is 9.14. The number of aromatic nitrogens is 2. The first-order valence-electron chi connectivity index (χ1n) is 10.7. The van der Waals surface area contributed by atoms with Crippen molar-refractivity contribution < 1.29 is 18.9 Å². The lowest BCUT2D eigenvalue weighted by atomic mass is 10.2. The van der Waals surface area contributed by atoms with Crippen molar-refractivity contribution in [2.24, 2.45) is 10.8 Å². The van der Waals surface area contributed by atoms with Gasteiger partial charge in [0.05, 0.1) is 22.0 Å². The van der Waals surface area contributed by atoms with Crippen LogP contribution in [0.25, 0.3) is 33.5 Å². The van der Waals surface area contributed by atoms with Crippen molar-refractivity contribution in [3.63, 3.8) is 0 Å². The normalized spacial score (nSPS) is 11.3. The van der Waals surface area contributed by atoms with E-state index >= 15 is 0 Å². The Morgan fingerprint density at radius 1 is 1.14 bits per heavy atom. The molecule has 5 rings (SSSR count). The standard InChI is InChI=1S/C25H17N5O6/c26-22(31)14-35-23-16(7-5-10-19(23)30(33)34)13-27-29-24(21-12-15-6-1-4-11-20(15)36-21)28-18-9-3-2-8-17(18)25(29)32/h1-13H,14H2,(H2,26,31). The number of hydrogen-bond donors (Lipinski definition) is 1. The number of rotatable bonds is 7. The number of ether oxygens (including phenoxy) is 1. The number of para-hydroxylation sites is 3. The SMILES string of the molecule is NC(=O)COc1c(C=Nn2c(-c3cc4ccccc4o3)nc3ccccc3c2=O)cccc1[N+](=O)[O-]. The number of amides is 1. The summed E-state index contributed by atoms with van der Waals surface area (Å²) in [5, 5.41) is 16.9. The van der Waals surface area contributed by atoms with Crippen LogP contribution in [0.4, 0.5) is 5.69 Å². The molecule has 0 saturated carbocycles. The van der Waals surface area contributed by atoms with Crippen molar-refractivity contribution in [3.05, 3.63) is 98.8 Å². The van der Waals surface area contributed by atoms with Crippen LogP contribution >= 0.6 is 0 Å². The molecule has 11 nitrogen and oxygen atoms in total. The number of carbonyl (C=O) groups is 1. The highest BCUT2D eigenvalue weighted by atomic mass is 16.6. The lowest BCUT2D eigenvalue weighted by Gasteiger charge is -2.09. The molecule has 0 radical (unpaired) electrons. The molecule has 1 amide bonds. The quantitative estimate of drug-likeness (QED) is 0.211. The van der Waals surface area contributed by atoms with Gasteiger partial charge in [-0.25, -0.2) is 4.98 Å². The molecule has 0 aliphatic carbocycles. The summed E-state index contributed by atoms with van der Waals surface area (Å²) in [5.41, 5.74) is 5.48. The molecular formula is C25H17N5O6. The molecule has 36 heavy (non-hydrogen) atoms. The Balaban J connectivity index is 1.70. The molecular weight excluding hydrogens is 466 g/mol. The van der Waals surface area contributed by atoms with Gasteiger partial charge in [-0.2, -0.15) is 9.78 Å². The van der Waals surface area contributed by atoms with Crippen LogP contribution in [0.3, 0.4) is 0 Å². The van der Waals surface area contributed by atoms with Gasteiger partial charge in [0.15, 0.2) is 12.4 Å². The molecule has 2 aromatic heterocycles. The van der Waals surface area contributed by atoms with E-state index < -0.39 is 23.0 Å². The molecule has 0 bridgehead atoms. The Bertz CT molecular complexity index is 1700. The van der Waals surface area contributed by atoms with Crippen molar-refractivity contribution >= 4 is 39.7 Å². The van der Waals surface area contributed by atoms with Crippen molar-refractivity contribution in [2.75, 3.05) is 6.61 Å². The van der Waals surface area contributed by atoms with E-state index in [-0.39, 0.29) is 22.8 Å². The van der Waals surface area contributed by atoms with Crippen molar-refractivity contribution in [3.8, 4) is 17.3 Å². The molecule has 2 N–H and O–H groups in total. The number of nitro groups is 1. The Morgan fingerprint density at radius 3 is 2.69 bits per heavy atom. The highest BCUT2D eigenvalue weighted by Gasteiger charge is 2.20. The Hall–Kier alpha value is -5.32. The second-order valence-corrected chi connectivity index (χ2v) is 7.67. The van der Waals surface area contributed by atoms with Gasteiger partial charge >= 0.3 is 5.69 Å². The van der Waals surface area contributed by atoms with Gasteiger partial charge in [0.2, 0.25) is 11.6 Å². The van der Waals surface area contributed by atoms with Crippen LogP contribution in [0.2, 0.25) is 0 Å². The van der Waals surface area contributed by atoms with Gasteiger partial charge in [-0.05, 0) is 30.3 Å². The van der Waals surface area contributed by atoms with Crippen LogP contribution in [0.1, 0.15) is 5.56 Å². The number of nitrogens with zero attached hydrogens (tertiary/aromatic N) is 4. The summed E-state index contributed by atoms with van der Waals surface area (Å²) in [6.45, 7) is -0.576. The van der Waals surface area contributed by atoms with Gasteiger partial charge in [0.1, 0.15) is 5.58 Å². The van der Waals surface area contributed by atoms with Crippen LogP contribution < -0.4 is 16.0 Å². The third-order valence-corrected chi connectivity index (χ3v) is 5.29. The van der Waals surface area contributed by atoms with Crippen molar-refractivity contribution in [1.82, 2.24) is 9.66 Å². The minimum atomic E-state index is -0.807. The van der Waals surface area contributed by atoms with Crippen LogP contribution in [-0.4, -0.2) is 33.3 Å². The number of primary amides is 1. The van der Waals surface area contributed by atoms with Gasteiger partial charge in [-0.15, -0.1) is 0 Å². The van der Waals surface area contributed by atoms with E-state index in [4.69, 9.17) is 14.9 Å². The van der Waals surface area contributed by atoms with Gasteiger partial charge in [0, 0.05) is 17.0 Å². The molecule has 0 unspecified atom stereocenters. The van der Waals surface area contributed by atoms with Crippen LogP contribution in [0, 0.1) is 10.1 Å². The molecule has 0 fully saturated rings. The highest BCUT2D eigenvalue weighted by Crippen LogP contribution is 2.30. The van der Waals surface area contributed by atoms with Crippen molar-refractivity contribution in [1.29, 1.82) is 0 Å². The molecule has 0 spiro atoms. The molecule has 0 saturated heterocycles. The lowest BCUT2D eigenvalue weighted by Crippen LogP contribution is -2.21. The number of benzene rings is 3. The molecule has 2 heterocycles. The Kier molecular flexibility index (Phi) is 5.71. The predicted octanol–water partition coefficient (Wildman–Crippen LogP) is 3.46. The molecule has 0 atom stereocenters. The number of hydrogen-bond acceptors (Lipinski definition) is 8. The van der Waals surface area contributed by atoms with E-state index in [1.165, 1.54) is 24.4 Å². The Labute approximate surface area is 202 Å². The minimum Gasteiger partial charge on any atom is -0.476 e. The molecule has 178 valence electrons. The van der Waals surface area contributed by atoms with E-state index in [1.54, 1.807) is 36.4 Å². The zero-order valence-electron chi connectivity index (χ0n) is 18.5. The summed E-state index contributed by atoms with van der Waals surface area (Å²) < 4.78 is 12.3. The molecule has 0 aliphatic heterocycles. The molecule has 0 aliphatic rings.